The number of hydrogen-bond donors (Lipinski definition) is 1. The van der Waals surface area contributed by atoms with Crippen LogP contribution in [0.15, 0.2) is 64.1 Å². The Labute approximate surface area is 149 Å². The predicted octanol–water partition coefficient (Wildman–Crippen LogP) is 3.65. The molecular formula is C20H17N3O3. The van der Waals surface area contributed by atoms with Crippen LogP contribution in [0.25, 0.3) is 22.1 Å². The third-order valence-corrected chi connectivity index (χ3v) is 4.51. The molecule has 4 rings (SSSR count). The number of fused-ring (bicyclic) bond motifs is 3. The molecule has 6 nitrogen and oxygen atoms in total. The Kier molecular flexibility index (Phi) is 3.80. The van der Waals surface area contributed by atoms with Crippen LogP contribution < -0.4 is 10.9 Å². The van der Waals surface area contributed by atoms with Gasteiger partial charge in [-0.3, -0.25) is 14.2 Å². The smallest absolute Gasteiger partial charge is 0.297 e. The van der Waals surface area contributed by atoms with E-state index in [-0.39, 0.29) is 17.0 Å². The minimum absolute atomic E-state index is 0.157. The van der Waals surface area contributed by atoms with Crippen molar-refractivity contribution in [3.05, 3.63) is 70.8 Å². The van der Waals surface area contributed by atoms with E-state index in [1.807, 2.05) is 49.4 Å². The highest BCUT2D eigenvalue weighted by Crippen LogP contribution is 2.24. The van der Waals surface area contributed by atoms with Crippen molar-refractivity contribution in [3.8, 4) is 0 Å². The molecule has 0 spiro atoms. The Balaban J connectivity index is 1.73. The van der Waals surface area contributed by atoms with Crippen molar-refractivity contribution in [1.82, 2.24) is 9.55 Å². The number of amides is 1. The average molecular weight is 347 g/mol. The van der Waals surface area contributed by atoms with Gasteiger partial charge in [-0.15, -0.1) is 0 Å². The zero-order valence-corrected chi connectivity index (χ0v) is 14.4. The molecule has 0 aliphatic heterocycles. The number of furan rings is 1. The lowest BCUT2D eigenvalue weighted by Gasteiger charge is -2.15. The normalized spacial score (nSPS) is 12.4. The van der Waals surface area contributed by atoms with Gasteiger partial charge in [0.2, 0.25) is 11.5 Å². The molecule has 0 fully saturated rings. The summed E-state index contributed by atoms with van der Waals surface area (Å²) < 4.78 is 6.95. The second kappa shape index (κ2) is 6.15. The average Bonchev–Trinajstić information content (AvgIpc) is 3.03. The van der Waals surface area contributed by atoms with Gasteiger partial charge in [-0.1, -0.05) is 30.3 Å². The quantitative estimate of drug-likeness (QED) is 0.614. The number of aromatic nitrogens is 2. The molecule has 0 radical (unpaired) electrons. The Morgan fingerprint density at radius 2 is 1.88 bits per heavy atom. The van der Waals surface area contributed by atoms with Crippen molar-refractivity contribution < 1.29 is 9.21 Å². The minimum atomic E-state index is -0.729. The summed E-state index contributed by atoms with van der Waals surface area (Å²) in [7, 11) is 0. The summed E-state index contributed by atoms with van der Waals surface area (Å²) in [6, 6.07) is 14.1. The number of carbonyl (C=O) groups excluding carboxylic acids is 1. The molecule has 2 aromatic heterocycles. The summed E-state index contributed by atoms with van der Waals surface area (Å²) in [5, 5.41) is 3.63. The first-order chi connectivity index (χ1) is 12.6. The molecule has 6 heteroatoms. The molecule has 130 valence electrons. The topological polar surface area (TPSA) is 77.1 Å². The largest absolute Gasteiger partial charge is 0.448 e. The van der Waals surface area contributed by atoms with Gasteiger partial charge in [0.1, 0.15) is 17.1 Å². The van der Waals surface area contributed by atoms with Gasteiger partial charge < -0.3 is 9.73 Å². The maximum absolute atomic E-state index is 12.8. The number of anilines is 1. The summed E-state index contributed by atoms with van der Waals surface area (Å²) in [6.07, 6.45) is 1.40. The van der Waals surface area contributed by atoms with Crippen LogP contribution >= 0.6 is 0 Å². The van der Waals surface area contributed by atoms with Crippen molar-refractivity contribution in [2.75, 3.05) is 5.32 Å². The number of nitrogens with one attached hydrogen (secondary N) is 1. The summed E-state index contributed by atoms with van der Waals surface area (Å²) in [5.74, 6) is -0.293. The molecule has 0 saturated heterocycles. The molecule has 0 bridgehead atoms. The molecule has 4 aromatic rings. The molecule has 0 aliphatic rings. The Morgan fingerprint density at radius 3 is 2.69 bits per heavy atom. The molecular weight excluding hydrogens is 330 g/mol. The highest BCUT2D eigenvalue weighted by molar-refractivity contribution is 6.02. The van der Waals surface area contributed by atoms with Crippen LogP contribution in [-0.2, 0) is 4.79 Å². The number of nitrogens with zero attached hydrogens (tertiary/aromatic N) is 2. The van der Waals surface area contributed by atoms with Crippen LogP contribution in [0.1, 0.15) is 18.5 Å². The van der Waals surface area contributed by atoms with Crippen LogP contribution in [0, 0.1) is 6.92 Å². The Morgan fingerprint density at radius 1 is 1.15 bits per heavy atom. The van der Waals surface area contributed by atoms with Gasteiger partial charge >= 0.3 is 0 Å². The molecule has 1 N–H and O–H groups in total. The van der Waals surface area contributed by atoms with Crippen molar-refractivity contribution in [1.29, 1.82) is 0 Å². The van der Waals surface area contributed by atoms with E-state index in [1.54, 1.807) is 13.0 Å². The third kappa shape index (κ3) is 2.56. The first kappa shape index (κ1) is 16.1. The van der Waals surface area contributed by atoms with Gasteiger partial charge in [0.05, 0.1) is 6.33 Å². The van der Waals surface area contributed by atoms with E-state index >= 15 is 0 Å². The standard InChI is InChI=1S/C20H17N3O3/c1-12-7-3-5-9-15(12)22-19(24)13(2)23-11-21-17-14-8-4-6-10-16(14)26-18(17)20(23)25/h3-11,13H,1-2H3,(H,22,24). The summed E-state index contributed by atoms with van der Waals surface area (Å²) in [4.78, 5) is 29.8. The third-order valence-electron chi connectivity index (χ3n) is 4.51. The monoisotopic (exact) mass is 347 g/mol. The highest BCUT2D eigenvalue weighted by atomic mass is 16.3. The van der Waals surface area contributed by atoms with E-state index in [2.05, 4.69) is 10.3 Å². The molecule has 1 amide bonds. The van der Waals surface area contributed by atoms with Gasteiger partial charge in [0.25, 0.3) is 5.56 Å². The van der Waals surface area contributed by atoms with Crippen molar-refractivity contribution in [2.45, 2.75) is 19.9 Å². The summed E-state index contributed by atoms with van der Waals surface area (Å²) in [6.45, 7) is 3.57. The predicted molar refractivity (Wildman–Crippen MR) is 100 cm³/mol. The van der Waals surface area contributed by atoms with E-state index in [0.717, 1.165) is 16.6 Å². The van der Waals surface area contributed by atoms with Crippen LogP contribution in [0.4, 0.5) is 5.69 Å². The SMILES string of the molecule is Cc1ccccc1NC(=O)C(C)n1cnc2c(oc3ccccc32)c1=O. The van der Waals surface area contributed by atoms with E-state index in [4.69, 9.17) is 4.42 Å². The maximum atomic E-state index is 12.8. The van der Waals surface area contributed by atoms with Crippen molar-refractivity contribution in [3.63, 3.8) is 0 Å². The van der Waals surface area contributed by atoms with E-state index < -0.39 is 6.04 Å². The maximum Gasteiger partial charge on any atom is 0.297 e. The van der Waals surface area contributed by atoms with Gasteiger partial charge in [-0.05, 0) is 37.6 Å². The number of aryl methyl sites for hydroxylation is 1. The fourth-order valence-electron chi connectivity index (χ4n) is 2.95. The number of benzene rings is 2. The fraction of sp³-hybridized carbons (Fsp3) is 0.150. The minimum Gasteiger partial charge on any atom is -0.448 e. The zero-order valence-electron chi connectivity index (χ0n) is 14.4. The van der Waals surface area contributed by atoms with E-state index in [0.29, 0.717) is 11.1 Å². The van der Waals surface area contributed by atoms with Crippen molar-refractivity contribution >= 4 is 33.7 Å². The molecule has 26 heavy (non-hydrogen) atoms. The molecule has 0 saturated carbocycles. The molecule has 1 atom stereocenters. The van der Waals surface area contributed by atoms with Crippen LogP contribution in [0.2, 0.25) is 0 Å². The molecule has 2 heterocycles. The molecule has 0 aliphatic carbocycles. The van der Waals surface area contributed by atoms with Crippen LogP contribution in [-0.4, -0.2) is 15.5 Å². The van der Waals surface area contributed by atoms with Gasteiger partial charge in [0.15, 0.2) is 0 Å². The van der Waals surface area contributed by atoms with Gasteiger partial charge in [0, 0.05) is 11.1 Å². The summed E-state index contributed by atoms with van der Waals surface area (Å²) >= 11 is 0. The Bertz CT molecular complexity index is 1190. The molecule has 2 aromatic carbocycles. The number of rotatable bonds is 3. The first-order valence-electron chi connectivity index (χ1n) is 8.31. The van der Waals surface area contributed by atoms with Gasteiger partial charge in [-0.2, -0.15) is 0 Å². The van der Waals surface area contributed by atoms with E-state index in [9.17, 15) is 9.59 Å². The lowest BCUT2D eigenvalue weighted by molar-refractivity contribution is -0.118. The zero-order chi connectivity index (χ0) is 18.3. The number of hydrogen-bond acceptors (Lipinski definition) is 4. The summed E-state index contributed by atoms with van der Waals surface area (Å²) in [5.41, 5.74) is 2.56. The first-order valence-corrected chi connectivity index (χ1v) is 8.31. The fourth-order valence-corrected chi connectivity index (χ4v) is 2.95. The van der Waals surface area contributed by atoms with Gasteiger partial charge in [-0.25, -0.2) is 4.98 Å². The van der Waals surface area contributed by atoms with E-state index in [1.165, 1.54) is 10.9 Å². The van der Waals surface area contributed by atoms with Crippen molar-refractivity contribution in [2.24, 2.45) is 0 Å². The highest BCUT2D eigenvalue weighted by Gasteiger charge is 2.20. The Hall–Kier alpha value is -3.41. The molecule has 1 unspecified atom stereocenters. The second-order valence-corrected chi connectivity index (χ2v) is 6.21. The lowest BCUT2D eigenvalue weighted by Crippen LogP contribution is -2.31. The van der Waals surface area contributed by atoms with Crippen LogP contribution in [0.5, 0.6) is 0 Å². The lowest BCUT2D eigenvalue weighted by atomic mass is 10.2. The van der Waals surface area contributed by atoms with Crippen LogP contribution in [0.3, 0.4) is 0 Å². The number of para-hydroxylation sites is 2. The number of carbonyl (C=O) groups is 1. The second-order valence-electron chi connectivity index (χ2n) is 6.21.